The molecule has 2 N–H and O–H groups in total. The van der Waals surface area contributed by atoms with Gasteiger partial charge >= 0.3 is 0 Å². The summed E-state index contributed by atoms with van der Waals surface area (Å²) in [4.78, 5) is 11.8. The molecule has 0 aliphatic heterocycles. The molecular formula is C15H15F3N2O3. The van der Waals surface area contributed by atoms with E-state index in [4.69, 9.17) is 9.63 Å². The molecule has 0 saturated carbocycles. The highest BCUT2D eigenvalue weighted by Crippen LogP contribution is 2.25. The molecule has 1 aromatic heterocycles. The first-order valence-electron chi connectivity index (χ1n) is 6.89. The fourth-order valence-corrected chi connectivity index (χ4v) is 2.18. The van der Waals surface area contributed by atoms with Gasteiger partial charge in [-0.1, -0.05) is 5.16 Å². The zero-order chi connectivity index (χ0) is 17.1. The summed E-state index contributed by atoms with van der Waals surface area (Å²) in [6, 6.07) is 0.411. The lowest BCUT2D eigenvalue weighted by Crippen LogP contribution is -2.26. The average Bonchev–Trinajstić information content (AvgIpc) is 2.84. The largest absolute Gasteiger partial charge is 0.503 e. The number of nitrogens with zero attached hydrogens (tertiary/aromatic N) is 1. The van der Waals surface area contributed by atoms with E-state index >= 15 is 0 Å². The molecule has 1 aromatic carbocycles. The van der Waals surface area contributed by atoms with E-state index in [1.807, 2.05) is 0 Å². The molecule has 2 aromatic rings. The summed E-state index contributed by atoms with van der Waals surface area (Å²) in [6.07, 6.45) is 1.11. The number of carbonyl (C=O) groups is 1. The van der Waals surface area contributed by atoms with Gasteiger partial charge in [0.25, 0.3) is 5.91 Å². The number of aromatic hydroxyl groups is 1. The van der Waals surface area contributed by atoms with Gasteiger partial charge in [-0.3, -0.25) is 4.79 Å². The van der Waals surface area contributed by atoms with Gasteiger partial charge in [0.05, 0.1) is 11.3 Å². The molecule has 0 saturated heterocycles. The Morgan fingerprint density at radius 1 is 1.30 bits per heavy atom. The Labute approximate surface area is 130 Å². The van der Waals surface area contributed by atoms with E-state index in [0.29, 0.717) is 24.7 Å². The summed E-state index contributed by atoms with van der Waals surface area (Å²) >= 11 is 0. The van der Waals surface area contributed by atoms with Crippen LogP contribution in [0, 0.1) is 31.3 Å². The highest BCUT2D eigenvalue weighted by Gasteiger charge is 2.22. The van der Waals surface area contributed by atoms with Crippen molar-refractivity contribution in [2.45, 2.75) is 26.7 Å². The topological polar surface area (TPSA) is 75.4 Å². The fourth-order valence-electron chi connectivity index (χ4n) is 2.18. The molecule has 5 nitrogen and oxygen atoms in total. The number of nitrogens with one attached hydrogen (secondary N) is 1. The third-order valence-corrected chi connectivity index (χ3v) is 3.45. The third-order valence-electron chi connectivity index (χ3n) is 3.45. The van der Waals surface area contributed by atoms with Gasteiger partial charge in [-0.25, -0.2) is 8.78 Å². The quantitative estimate of drug-likeness (QED) is 0.654. The van der Waals surface area contributed by atoms with Gasteiger partial charge in [0, 0.05) is 12.1 Å². The van der Waals surface area contributed by atoms with Crippen LogP contribution in [0.15, 0.2) is 10.6 Å². The summed E-state index contributed by atoms with van der Waals surface area (Å²) in [6.45, 7) is 3.75. The molecule has 2 rings (SSSR count). The molecule has 23 heavy (non-hydrogen) atoms. The number of phenols is 1. The maximum atomic E-state index is 13.6. The molecule has 0 radical (unpaired) electrons. The van der Waals surface area contributed by atoms with Gasteiger partial charge in [-0.15, -0.1) is 0 Å². The monoisotopic (exact) mass is 328 g/mol. The van der Waals surface area contributed by atoms with Crippen molar-refractivity contribution in [3.63, 3.8) is 0 Å². The first-order chi connectivity index (χ1) is 10.8. The Bertz CT molecular complexity index is 725. The van der Waals surface area contributed by atoms with Gasteiger partial charge in [0.15, 0.2) is 17.4 Å². The van der Waals surface area contributed by atoms with Gasteiger partial charge in [-0.05, 0) is 32.8 Å². The molecule has 0 bridgehead atoms. The molecular weight excluding hydrogens is 313 g/mol. The molecule has 0 unspecified atom stereocenters. The molecule has 1 amide bonds. The molecule has 0 atom stereocenters. The van der Waals surface area contributed by atoms with Crippen LogP contribution in [0.5, 0.6) is 5.75 Å². The molecule has 1 heterocycles. The third kappa shape index (κ3) is 3.46. The number of rotatable bonds is 5. The van der Waals surface area contributed by atoms with Gasteiger partial charge < -0.3 is 14.9 Å². The van der Waals surface area contributed by atoms with Gasteiger partial charge in [0.1, 0.15) is 5.76 Å². The fraction of sp³-hybridized carbons (Fsp3) is 0.333. The van der Waals surface area contributed by atoms with Crippen LogP contribution in [0.25, 0.3) is 0 Å². The Balaban J connectivity index is 1.96. The Kier molecular flexibility index (Phi) is 4.92. The van der Waals surface area contributed by atoms with Gasteiger partial charge in [-0.2, -0.15) is 4.39 Å². The standard InChI is InChI=1S/C15H15F3N2O3/c1-7-9(8(2)23-20-7)4-3-5-19-15(22)10-6-11(16)13(18)14(21)12(10)17/h6,21H,3-5H2,1-2H3,(H,19,22). The number of halogens is 3. The van der Waals surface area contributed by atoms with Crippen LogP contribution < -0.4 is 5.32 Å². The van der Waals surface area contributed by atoms with E-state index in [1.54, 1.807) is 13.8 Å². The number of phenolic OH excluding ortho intramolecular Hbond substituents is 1. The van der Waals surface area contributed by atoms with Crippen molar-refractivity contribution in [2.75, 3.05) is 6.54 Å². The Hall–Kier alpha value is -2.51. The molecule has 0 spiro atoms. The van der Waals surface area contributed by atoms with E-state index in [9.17, 15) is 18.0 Å². The maximum absolute atomic E-state index is 13.6. The van der Waals surface area contributed by atoms with Crippen molar-refractivity contribution >= 4 is 5.91 Å². The molecule has 124 valence electrons. The highest BCUT2D eigenvalue weighted by molar-refractivity contribution is 5.94. The highest BCUT2D eigenvalue weighted by atomic mass is 19.2. The number of hydrogen-bond acceptors (Lipinski definition) is 4. The number of aromatic nitrogens is 1. The lowest BCUT2D eigenvalue weighted by molar-refractivity contribution is 0.0947. The van der Waals surface area contributed by atoms with E-state index in [1.165, 1.54) is 0 Å². The summed E-state index contributed by atoms with van der Waals surface area (Å²) in [5.74, 6) is -6.47. The minimum atomic E-state index is -1.72. The van der Waals surface area contributed by atoms with Gasteiger partial charge in [0.2, 0.25) is 5.82 Å². The molecule has 8 heteroatoms. The number of hydrogen-bond donors (Lipinski definition) is 2. The molecule has 0 fully saturated rings. The van der Waals surface area contributed by atoms with Crippen LogP contribution in [0.2, 0.25) is 0 Å². The minimum absolute atomic E-state index is 0.183. The Morgan fingerprint density at radius 3 is 2.61 bits per heavy atom. The number of amides is 1. The van der Waals surface area contributed by atoms with E-state index in [2.05, 4.69) is 10.5 Å². The van der Waals surface area contributed by atoms with Crippen molar-refractivity contribution in [3.8, 4) is 5.75 Å². The lowest BCUT2D eigenvalue weighted by Gasteiger charge is -2.08. The average molecular weight is 328 g/mol. The zero-order valence-electron chi connectivity index (χ0n) is 12.5. The second kappa shape index (κ2) is 6.72. The van der Waals surface area contributed by atoms with Crippen molar-refractivity contribution in [2.24, 2.45) is 0 Å². The van der Waals surface area contributed by atoms with Crippen molar-refractivity contribution in [1.29, 1.82) is 0 Å². The van der Waals surface area contributed by atoms with E-state index in [0.717, 1.165) is 11.3 Å². The minimum Gasteiger partial charge on any atom is -0.503 e. The summed E-state index contributed by atoms with van der Waals surface area (Å²) in [7, 11) is 0. The van der Waals surface area contributed by atoms with Crippen LogP contribution in [-0.2, 0) is 6.42 Å². The zero-order valence-corrected chi connectivity index (χ0v) is 12.5. The normalized spacial score (nSPS) is 10.8. The number of carbonyl (C=O) groups excluding carboxylic acids is 1. The molecule has 0 aliphatic rings. The first kappa shape index (κ1) is 16.9. The van der Waals surface area contributed by atoms with Crippen molar-refractivity contribution in [3.05, 3.63) is 46.1 Å². The maximum Gasteiger partial charge on any atom is 0.254 e. The second-order valence-electron chi connectivity index (χ2n) is 5.04. The van der Waals surface area contributed by atoms with Crippen LogP contribution in [0.4, 0.5) is 13.2 Å². The Morgan fingerprint density at radius 2 is 2.00 bits per heavy atom. The van der Waals surface area contributed by atoms with E-state index in [-0.39, 0.29) is 6.54 Å². The summed E-state index contributed by atoms with van der Waals surface area (Å²) in [5, 5.41) is 15.3. The van der Waals surface area contributed by atoms with Crippen LogP contribution in [-0.4, -0.2) is 22.7 Å². The summed E-state index contributed by atoms with van der Waals surface area (Å²) in [5.41, 5.74) is 0.931. The smallest absolute Gasteiger partial charge is 0.254 e. The number of benzene rings is 1. The summed E-state index contributed by atoms with van der Waals surface area (Å²) < 4.78 is 44.7. The SMILES string of the molecule is Cc1noc(C)c1CCCNC(=O)c1cc(F)c(F)c(O)c1F. The molecule has 0 aliphatic carbocycles. The van der Waals surface area contributed by atoms with Crippen molar-refractivity contribution in [1.82, 2.24) is 10.5 Å². The van der Waals surface area contributed by atoms with Crippen molar-refractivity contribution < 1.29 is 27.6 Å². The first-order valence-corrected chi connectivity index (χ1v) is 6.89. The van der Waals surface area contributed by atoms with Crippen LogP contribution in [0.3, 0.4) is 0 Å². The predicted octanol–water partition coefficient (Wildman–Crippen LogP) is 2.78. The van der Waals surface area contributed by atoms with Crippen LogP contribution in [0.1, 0.15) is 33.8 Å². The van der Waals surface area contributed by atoms with Crippen LogP contribution >= 0.6 is 0 Å². The number of aryl methyl sites for hydroxylation is 2. The van der Waals surface area contributed by atoms with E-state index < -0.39 is 34.7 Å². The second-order valence-corrected chi connectivity index (χ2v) is 5.04. The predicted molar refractivity (Wildman–Crippen MR) is 74.6 cm³/mol. The lowest BCUT2D eigenvalue weighted by atomic mass is 10.1.